The second kappa shape index (κ2) is 8.41. The van der Waals surface area contributed by atoms with Crippen LogP contribution >= 0.6 is 0 Å². The Morgan fingerprint density at radius 2 is 1.92 bits per heavy atom. The van der Waals surface area contributed by atoms with E-state index in [1.807, 2.05) is 31.2 Å². The molecule has 0 saturated carbocycles. The Balaban J connectivity index is 1.61. The minimum atomic E-state index is -0.846. The first-order valence-corrected chi connectivity index (χ1v) is 9.03. The fourth-order valence-corrected chi connectivity index (χ4v) is 3.44. The van der Waals surface area contributed by atoms with Crippen molar-refractivity contribution in [2.45, 2.75) is 38.1 Å². The lowest BCUT2D eigenvalue weighted by molar-refractivity contribution is -0.122. The molecule has 1 aliphatic rings. The molecular formula is C21H24F2N2O. The third kappa shape index (κ3) is 4.67. The molecular weight excluding hydrogens is 334 g/mol. The molecule has 2 N–H and O–H groups in total. The zero-order valence-corrected chi connectivity index (χ0v) is 14.9. The number of nitrogens with one attached hydrogen (secondary N) is 2. The van der Waals surface area contributed by atoms with Crippen LogP contribution in [0.5, 0.6) is 0 Å². The summed E-state index contributed by atoms with van der Waals surface area (Å²) < 4.78 is 26.8. The molecule has 1 fully saturated rings. The van der Waals surface area contributed by atoms with E-state index < -0.39 is 11.6 Å². The molecule has 1 aliphatic heterocycles. The van der Waals surface area contributed by atoms with Crippen LogP contribution in [-0.4, -0.2) is 25.0 Å². The van der Waals surface area contributed by atoms with E-state index in [-0.39, 0.29) is 17.9 Å². The second-order valence-electron chi connectivity index (χ2n) is 6.93. The van der Waals surface area contributed by atoms with Gasteiger partial charge in [0, 0.05) is 24.9 Å². The van der Waals surface area contributed by atoms with Crippen LogP contribution in [0, 0.1) is 18.6 Å². The Kier molecular flexibility index (Phi) is 5.99. The van der Waals surface area contributed by atoms with Crippen molar-refractivity contribution >= 4 is 5.91 Å². The van der Waals surface area contributed by atoms with Crippen molar-refractivity contribution in [3.8, 4) is 0 Å². The van der Waals surface area contributed by atoms with E-state index in [2.05, 4.69) is 10.6 Å². The lowest BCUT2D eigenvalue weighted by Crippen LogP contribution is -2.50. The highest BCUT2D eigenvalue weighted by Gasteiger charge is 2.28. The summed E-state index contributed by atoms with van der Waals surface area (Å²) in [4.78, 5) is 12.4. The van der Waals surface area contributed by atoms with Crippen molar-refractivity contribution in [2.75, 3.05) is 13.1 Å². The molecule has 1 amide bonds. The highest BCUT2D eigenvalue weighted by Crippen LogP contribution is 2.27. The third-order valence-corrected chi connectivity index (χ3v) is 4.96. The fourth-order valence-electron chi connectivity index (χ4n) is 3.44. The number of hydrogen-bond acceptors (Lipinski definition) is 2. The summed E-state index contributed by atoms with van der Waals surface area (Å²) >= 11 is 0. The van der Waals surface area contributed by atoms with Gasteiger partial charge in [-0.15, -0.1) is 0 Å². The Morgan fingerprint density at radius 1 is 1.15 bits per heavy atom. The normalized spacial score (nSPS) is 20.0. The van der Waals surface area contributed by atoms with Gasteiger partial charge in [-0.1, -0.05) is 35.9 Å². The number of carbonyl (C=O) groups is 1. The van der Waals surface area contributed by atoms with Gasteiger partial charge in [0.25, 0.3) is 0 Å². The second-order valence-corrected chi connectivity index (χ2v) is 6.93. The molecule has 3 rings (SSSR count). The van der Waals surface area contributed by atoms with E-state index in [4.69, 9.17) is 0 Å². The molecule has 2 unspecified atom stereocenters. The number of benzene rings is 2. The van der Waals surface area contributed by atoms with Gasteiger partial charge in [0.15, 0.2) is 11.6 Å². The largest absolute Gasteiger partial charge is 0.351 e. The van der Waals surface area contributed by atoms with Gasteiger partial charge >= 0.3 is 0 Å². The van der Waals surface area contributed by atoms with Gasteiger partial charge in [0.1, 0.15) is 0 Å². The molecule has 1 heterocycles. The van der Waals surface area contributed by atoms with E-state index in [1.165, 1.54) is 11.6 Å². The van der Waals surface area contributed by atoms with Crippen LogP contribution in [0.25, 0.3) is 0 Å². The first kappa shape index (κ1) is 18.5. The lowest BCUT2D eigenvalue weighted by atomic mass is 9.86. The fraction of sp³-hybridized carbons (Fsp3) is 0.381. The van der Waals surface area contributed by atoms with Gasteiger partial charge < -0.3 is 10.6 Å². The highest BCUT2D eigenvalue weighted by atomic mass is 19.2. The smallest absolute Gasteiger partial charge is 0.220 e. The molecule has 2 aromatic rings. The number of amides is 1. The number of piperidine rings is 1. The van der Waals surface area contributed by atoms with Crippen molar-refractivity contribution in [2.24, 2.45) is 0 Å². The average molecular weight is 358 g/mol. The Hall–Kier alpha value is -2.27. The Bertz CT molecular complexity index is 761. The molecule has 2 atom stereocenters. The monoisotopic (exact) mass is 358 g/mol. The highest BCUT2D eigenvalue weighted by molar-refractivity contribution is 5.76. The maximum absolute atomic E-state index is 13.6. The molecule has 138 valence electrons. The summed E-state index contributed by atoms with van der Waals surface area (Å²) in [5.41, 5.74) is 3.06. The van der Waals surface area contributed by atoms with Crippen LogP contribution in [0.15, 0.2) is 42.5 Å². The van der Waals surface area contributed by atoms with Crippen molar-refractivity contribution < 1.29 is 13.6 Å². The van der Waals surface area contributed by atoms with Crippen molar-refractivity contribution in [1.29, 1.82) is 0 Å². The number of carbonyl (C=O) groups excluding carboxylic acids is 1. The molecule has 5 heteroatoms. The summed E-state index contributed by atoms with van der Waals surface area (Å²) in [5.74, 6) is -1.73. The van der Waals surface area contributed by atoms with E-state index in [0.717, 1.165) is 30.2 Å². The number of hydrogen-bond donors (Lipinski definition) is 2. The van der Waals surface area contributed by atoms with E-state index in [9.17, 15) is 13.6 Å². The Morgan fingerprint density at radius 3 is 2.65 bits per heavy atom. The summed E-state index contributed by atoms with van der Waals surface area (Å²) in [6, 6.07) is 12.0. The predicted molar refractivity (Wildman–Crippen MR) is 98.0 cm³/mol. The Labute approximate surface area is 152 Å². The van der Waals surface area contributed by atoms with Crippen LogP contribution in [0.4, 0.5) is 8.78 Å². The minimum Gasteiger partial charge on any atom is -0.351 e. The lowest BCUT2D eigenvalue weighted by Gasteiger charge is -2.33. The summed E-state index contributed by atoms with van der Waals surface area (Å²) in [6.07, 6.45) is 1.86. The molecule has 0 radical (unpaired) electrons. The molecule has 1 saturated heterocycles. The molecule has 0 bridgehead atoms. The maximum Gasteiger partial charge on any atom is 0.220 e. The van der Waals surface area contributed by atoms with Crippen LogP contribution < -0.4 is 10.6 Å². The van der Waals surface area contributed by atoms with Gasteiger partial charge in [-0.05, 0) is 49.6 Å². The van der Waals surface area contributed by atoms with Gasteiger partial charge in [0.2, 0.25) is 5.91 Å². The van der Waals surface area contributed by atoms with Crippen molar-refractivity contribution in [3.05, 3.63) is 70.8 Å². The van der Waals surface area contributed by atoms with Crippen LogP contribution in [-0.2, 0) is 11.2 Å². The first-order chi connectivity index (χ1) is 12.5. The van der Waals surface area contributed by atoms with Crippen LogP contribution in [0.2, 0.25) is 0 Å². The summed E-state index contributed by atoms with van der Waals surface area (Å²) in [7, 11) is 0. The SMILES string of the molecule is Cc1ccc(CCC(=O)NC2CNCCC2c2ccc(F)c(F)c2)cc1. The van der Waals surface area contributed by atoms with Crippen LogP contribution in [0.3, 0.4) is 0 Å². The zero-order chi connectivity index (χ0) is 18.5. The molecule has 3 nitrogen and oxygen atoms in total. The number of halogens is 2. The van der Waals surface area contributed by atoms with Crippen LogP contribution in [0.1, 0.15) is 35.4 Å². The average Bonchev–Trinajstić information content (AvgIpc) is 2.64. The van der Waals surface area contributed by atoms with Gasteiger partial charge in [-0.3, -0.25) is 4.79 Å². The number of rotatable bonds is 5. The molecule has 0 aromatic heterocycles. The predicted octanol–water partition coefficient (Wildman–Crippen LogP) is 3.47. The number of aryl methyl sites for hydroxylation is 2. The van der Waals surface area contributed by atoms with Crippen molar-refractivity contribution in [1.82, 2.24) is 10.6 Å². The quantitative estimate of drug-likeness (QED) is 0.859. The van der Waals surface area contributed by atoms with Gasteiger partial charge in [-0.2, -0.15) is 0 Å². The molecule has 0 aliphatic carbocycles. The molecule has 0 spiro atoms. The molecule has 26 heavy (non-hydrogen) atoms. The summed E-state index contributed by atoms with van der Waals surface area (Å²) in [6.45, 7) is 3.45. The van der Waals surface area contributed by atoms with Gasteiger partial charge in [-0.25, -0.2) is 8.78 Å². The van der Waals surface area contributed by atoms with Gasteiger partial charge in [0.05, 0.1) is 0 Å². The maximum atomic E-state index is 13.6. The summed E-state index contributed by atoms with van der Waals surface area (Å²) in [5, 5.41) is 6.33. The minimum absolute atomic E-state index is 0.0188. The van der Waals surface area contributed by atoms with Crippen molar-refractivity contribution in [3.63, 3.8) is 0 Å². The standard InChI is InChI=1S/C21H24F2N2O/c1-14-2-4-15(5-3-14)6-9-21(26)25-20-13-24-11-10-17(20)16-7-8-18(22)19(23)12-16/h2-5,7-8,12,17,20,24H,6,9-11,13H2,1H3,(H,25,26). The van der Waals surface area contributed by atoms with E-state index >= 15 is 0 Å². The molecule has 2 aromatic carbocycles. The first-order valence-electron chi connectivity index (χ1n) is 9.03. The zero-order valence-electron chi connectivity index (χ0n) is 14.9. The third-order valence-electron chi connectivity index (χ3n) is 4.96. The van der Waals surface area contributed by atoms with E-state index in [0.29, 0.717) is 19.4 Å². The topological polar surface area (TPSA) is 41.1 Å². The van der Waals surface area contributed by atoms with E-state index in [1.54, 1.807) is 6.07 Å².